The van der Waals surface area contributed by atoms with E-state index in [1.165, 1.54) is 12.0 Å². The van der Waals surface area contributed by atoms with Crippen LogP contribution in [-0.4, -0.2) is 0 Å². The average molecular weight is 234 g/mol. The molecular formula is C17H30. The predicted octanol–water partition coefficient (Wildman–Crippen LogP) is 5.77. The van der Waals surface area contributed by atoms with Gasteiger partial charge in [0.05, 0.1) is 0 Å². The summed E-state index contributed by atoms with van der Waals surface area (Å²) in [7, 11) is 0. The molecule has 0 aromatic heterocycles. The fourth-order valence-electron chi connectivity index (χ4n) is 2.13. The largest absolute Gasteiger partial charge is 0.0991 e. The Morgan fingerprint density at radius 3 is 1.94 bits per heavy atom. The zero-order valence-corrected chi connectivity index (χ0v) is 12.8. The van der Waals surface area contributed by atoms with Crippen LogP contribution < -0.4 is 0 Å². The van der Waals surface area contributed by atoms with Gasteiger partial charge < -0.3 is 0 Å². The third kappa shape index (κ3) is 6.51. The van der Waals surface area contributed by atoms with Gasteiger partial charge in [0, 0.05) is 0 Å². The van der Waals surface area contributed by atoms with Crippen molar-refractivity contribution in [2.45, 2.75) is 54.9 Å². The molecule has 17 heavy (non-hydrogen) atoms. The quantitative estimate of drug-likeness (QED) is 0.541. The molecule has 0 aliphatic carbocycles. The second-order valence-corrected chi connectivity index (χ2v) is 7.07. The van der Waals surface area contributed by atoms with Crippen molar-refractivity contribution in [1.29, 1.82) is 0 Å². The zero-order valence-electron chi connectivity index (χ0n) is 12.8. The van der Waals surface area contributed by atoms with Gasteiger partial charge in [-0.15, -0.1) is 0 Å². The molecule has 0 aliphatic rings. The fourth-order valence-corrected chi connectivity index (χ4v) is 2.13. The van der Waals surface area contributed by atoms with Crippen molar-refractivity contribution in [2.24, 2.45) is 16.7 Å². The maximum atomic E-state index is 3.75. The molecule has 0 radical (unpaired) electrons. The molecule has 0 amide bonds. The number of rotatable bonds is 4. The van der Waals surface area contributed by atoms with Crippen LogP contribution >= 0.6 is 0 Å². The first-order valence-corrected chi connectivity index (χ1v) is 6.57. The van der Waals surface area contributed by atoms with E-state index >= 15 is 0 Å². The van der Waals surface area contributed by atoms with Crippen LogP contribution in [-0.2, 0) is 0 Å². The predicted molar refractivity (Wildman–Crippen MR) is 80.1 cm³/mol. The Hall–Kier alpha value is -0.780. The van der Waals surface area contributed by atoms with Crippen LogP contribution in [0.5, 0.6) is 0 Å². The highest BCUT2D eigenvalue weighted by molar-refractivity contribution is 5.25. The molecule has 98 valence electrons. The van der Waals surface area contributed by atoms with Gasteiger partial charge in [0.1, 0.15) is 0 Å². The van der Waals surface area contributed by atoms with Gasteiger partial charge in [-0.1, -0.05) is 72.4 Å². The summed E-state index contributed by atoms with van der Waals surface area (Å²) in [6.45, 7) is 19.8. The first-order chi connectivity index (χ1) is 7.61. The standard InChI is InChI=1S/C17H30/c1-9-11-12-14(10-2)15(17(6,7)8)13-16(3,4)5/h9-12,15H,1,13H2,2-8H3/b12-11-,14-10+. The van der Waals surface area contributed by atoms with Gasteiger partial charge in [-0.2, -0.15) is 0 Å². The summed E-state index contributed by atoms with van der Waals surface area (Å²) in [5.74, 6) is 0.587. The van der Waals surface area contributed by atoms with E-state index in [1.54, 1.807) is 0 Å². The summed E-state index contributed by atoms with van der Waals surface area (Å²) in [5, 5.41) is 0. The number of hydrogen-bond acceptors (Lipinski definition) is 0. The lowest BCUT2D eigenvalue weighted by Gasteiger charge is -2.36. The molecule has 0 rings (SSSR count). The molecule has 0 aromatic carbocycles. The summed E-state index contributed by atoms with van der Waals surface area (Å²) >= 11 is 0. The van der Waals surface area contributed by atoms with Crippen LogP contribution in [0.2, 0.25) is 0 Å². The third-order valence-corrected chi connectivity index (χ3v) is 3.02. The highest BCUT2D eigenvalue weighted by Crippen LogP contribution is 2.40. The van der Waals surface area contributed by atoms with E-state index < -0.39 is 0 Å². The van der Waals surface area contributed by atoms with E-state index in [9.17, 15) is 0 Å². The molecule has 0 bridgehead atoms. The summed E-state index contributed by atoms with van der Waals surface area (Å²) in [5.41, 5.74) is 2.07. The molecular weight excluding hydrogens is 204 g/mol. The van der Waals surface area contributed by atoms with Crippen molar-refractivity contribution < 1.29 is 0 Å². The van der Waals surface area contributed by atoms with Crippen molar-refractivity contribution >= 4 is 0 Å². The first kappa shape index (κ1) is 16.2. The third-order valence-electron chi connectivity index (χ3n) is 3.02. The van der Waals surface area contributed by atoms with Gasteiger partial charge in [-0.05, 0) is 35.7 Å². The number of hydrogen-bond donors (Lipinski definition) is 0. The maximum Gasteiger partial charge on any atom is -0.0112 e. The average Bonchev–Trinajstić information content (AvgIpc) is 2.14. The highest BCUT2D eigenvalue weighted by atomic mass is 14.3. The lowest BCUT2D eigenvalue weighted by molar-refractivity contribution is 0.199. The topological polar surface area (TPSA) is 0 Å². The van der Waals surface area contributed by atoms with Gasteiger partial charge in [0.25, 0.3) is 0 Å². The second-order valence-electron chi connectivity index (χ2n) is 7.07. The lowest BCUT2D eigenvalue weighted by Crippen LogP contribution is -2.26. The van der Waals surface area contributed by atoms with E-state index in [-0.39, 0.29) is 0 Å². The SMILES string of the molecule is C=C/C=C\C(=C/C)C(CC(C)(C)C)C(C)(C)C. The smallest absolute Gasteiger partial charge is 0.0112 e. The van der Waals surface area contributed by atoms with Crippen molar-refractivity contribution in [3.8, 4) is 0 Å². The first-order valence-electron chi connectivity index (χ1n) is 6.57. The molecule has 0 N–H and O–H groups in total. The van der Waals surface area contributed by atoms with Crippen LogP contribution in [0.25, 0.3) is 0 Å². The Balaban J connectivity index is 5.17. The summed E-state index contributed by atoms with van der Waals surface area (Å²) in [6.07, 6.45) is 9.53. The summed E-state index contributed by atoms with van der Waals surface area (Å²) in [6, 6.07) is 0. The van der Waals surface area contributed by atoms with Crippen molar-refractivity contribution in [3.63, 3.8) is 0 Å². The van der Waals surface area contributed by atoms with Crippen molar-refractivity contribution in [3.05, 3.63) is 36.5 Å². The van der Waals surface area contributed by atoms with E-state index in [0.717, 1.165) is 0 Å². The molecule has 1 unspecified atom stereocenters. The molecule has 0 aromatic rings. The second kappa shape index (κ2) is 6.23. The zero-order chi connectivity index (χ0) is 13.7. The molecule has 0 heterocycles. The van der Waals surface area contributed by atoms with Crippen LogP contribution in [0.15, 0.2) is 36.5 Å². The van der Waals surface area contributed by atoms with Gasteiger partial charge in [-0.3, -0.25) is 0 Å². The van der Waals surface area contributed by atoms with Crippen LogP contribution in [0.4, 0.5) is 0 Å². The van der Waals surface area contributed by atoms with Crippen LogP contribution in [0, 0.1) is 16.7 Å². The van der Waals surface area contributed by atoms with Crippen LogP contribution in [0.3, 0.4) is 0 Å². The molecule has 0 heteroatoms. The van der Waals surface area contributed by atoms with Gasteiger partial charge >= 0.3 is 0 Å². The molecule has 0 nitrogen and oxygen atoms in total. The highest BCUT2D eigenvalue weighted by Gasteiger charge is 2.30. The Morgan fingerprint density at radius 2 is 1.65 bits per heavy atom. The van der Waals surface area contributed by atoms with E-state index in [4.69, 9.17) is 0 Å². The number of allylic oxidation sites excluding steroid dienone is 5. The van der Waals surface area contributed by atoms with Gasteiger partial charge in [0.2, 0.25) is 0 Å². The summed E-state index contributed by atoms with van der Waals surface area (Å²) in [4.78, 5) is 0. The Bertz CT molecular complexity index is 289. The lowest BCUT2D eigenvalue weighted by atomic mass is 9.68. The van der Waals surface area contributed by atoms with E-state index in [0.29, 0.717) is 16.7 Å². The summed E-state index contributed by atoms with van der Waals surface area (Å²) < 4.78 is 0. The Kier molecular flexibility index (Phi) is 5.95. The molecule has 0 aliphatic heterocycles. The molecule has 0 spiro atoms. The minimum Gasteiger partial charge on any atom is -0.0991 e. The Morgan fingerprint density at radius 1 is 1.12 bits per heavy atom. The normalized spacial score (nSPS) is 16.3. The van der Waals surface area contributed by atoms with Crippen molar-refractivity contribution in [1.82, 2.24) is 0 Å². The minimum absolute atomic E-state index is 0.292. The van der Waals surface area contributed by atoms with Crippen molar-refractivity contribution in [2.75, 3.05) is 0 Å². The van der Waals surface area contributed by atoms with E-state index in [2.05, 4.69) is 67.2 Å². The van der Waals surface area contributed by atoms with Crippen LogP contribution in [0.1, 0.15) is 54.9 Å². The fraction of sp³-hybridized carbons (Fsp3) is 0.647. The Labute approximate surface area is 109 Å². The molecule has 1 atom stereocenters. The van der Waals surface area contributed by atoms with Gasteiger partial charge in [0.15, 0.2) is 0 Å². The molecule has 0 saturated carbocycles. The molecule has 0 saturated heterocycles. The molecule has 0 fully saturated rings. The minimum atomic E-state index is 0.292. The van der Waals surface area contributed by atoms with Gasteiger partial charge in [-0.25, -0.2) is 0 Å². The maximum absolute atomic E-state index is 3.75. The monoisotopic (exact) mass is 234 g/mol. The van der Waals surface area contributed by atoms with E-state index in [1.807, 2.05) is 12.2 Å².